The van der Waals surface area contributed by atoms with Crippen molar-refractivity contribution in [2.45, 2.75) is 20.8 Å². The molecule has 0 aliphatic carbocycles. The van der Waals surface area contributed by atoms with Crippen molar-refractivity contribution >= 4 is 7.92 Å². The zero-order valence-corrected chi connectivity index (χ0v) is 7.86. The van der Waals surface area contributed by atoms with Crippen LogP contribution in [0.4, 0.5) is 0 Å². The fourth-order valence-electron chi connectivity index (χ4n) is 0.750. The van der Waals surface area contributed by atoms with Crippen molar-refractivity contribution in [1.29, 1.82) is 0 Å². The molecule has 0 rings (SSSR count). The molecule has 0 nitrogen and oxygen atoms in total. The SMILES string of the molecule is CC[PH+](CC)CC.[Cu]. The Morgan fingerprint density at radius 3 is 1.12 bits per heavy atom. The number of rotatable bonds is 3. The largest absolute Gasteiger partial charge is 0.0543 e. The van der Waals surface area contributed by atoms with Crippen LogP contribution >= 0.6 is 7.92 Å². The van der Waals surface area contributed by atoms with Crippen LogP contribution in [0.15, 0.2) is 0 Å². The van der Waals surface area contributed by atoms with Crippen molar-refractivity contribution in [3.63, 3.8) is 0 Å². The average molecular weight is 183 g/mol. The zero-order chi connectivity index (χ0) is 5.70. The van der Waals surface area contributed by atoms with E-state index in [1.165, 1.54) is 18.5 Å². The Hall–Kier alpha value is 0.949. The van der Waals surface area contributed by atoms with Gasteiger partial charge in [0.25, 0.3) is 0 Å². The summed E-state index contributed by atoms with van der Waals surface area (Å²) in [4.78, 5) is 0. The van der Waals surface area contributed by atoms with Gasteiger partial charge < -0.3 is 0 Å². The Balaban J connectivity index is 0. The molecule has 0 aliphatic heterocycles. The first kappa shape index (κ1) is 11.7. The summed E-state index contributed by atoms with van der Waals surface area (Å²) in [6.07, 6.45) is 4.37. The van der Waals surface area contributed by atoms with E-state index in [1.807, 2.05) is 0 Å². The van der Waals surface area contributed by atoms with Crippen LogP contribution in [0.5, 0.6) is 0 Å². The van der Waals surface area contributed by atoms with Gasteiger partial charge >= 0.3 is 0 Å². The van der Waals surface area contributed by atoms with Gasteiger partial charge in [-0.3, -0.25) is 0 Å². The third-order valence-corrected chi connectivity index (χ3v) is 4.50. The fraction of sp³-hybridized carbons (Fsp3) is 1.00. The minimum absolute atomic E-state index is 0. The molecule has 8 heavy (non-hydrogen) atoms. The molecule has 0 bridgehead atoms. The van der Waals surface area contributed by atoms with Crippen LogP contribution in [0.25, 0.3) is 0 Å². The minimum atomic E-state index is 0. The Bertz CT molecular complexity index is 30.0. The van der Waals surface area contributed by atoms with Gasteiger partial charge in [0.2, 0.25) is 0 Å². The Morgan fingerprint density at radius 2 is 1.12 bits per heavy atom. The van der Waals surface area contributed by atoms with Gasteiger partial charge in [-0.15, -0.1) is 0 Å². The van der Waals surface area contributed by atoms with Crippen LogP contribution in [0.3, 0.4) is 0 Å². The molecule has 0 saturated heterocycles. The van der Waals surface area contributed by atoms with Crippen molar-refractivity contribution in [1.82, 2.24) is 0 Å². The molecule has 0 fully saturated rings. The van der Waals surface area contributed by atoms with E-state index in [2.05, 4.69) is 20.8 Å². The summed E-state index contributed by atoms with van der Waals surface area (Å²) in [5.41, 5.74) is 0. The second-order valence-electron chi connectivity index (χ2n) is 1.81. The van der Waals surface area contributed by atoms with Crippen molar-refractivity contribution in [2.75, 3.05) is 18.5 Å². The van der Waals surface area contributed by atoms with E-state index < -0.39 is 0 Å². The van der Waals surface area contributed by atoms with E-state index in [1.54, 1.807) is 0 Å². The Labute approximate surface area is 64.7 Å². The molecule has 0 saturated carbocycles. The van der Waals surface area contributed by atoms with E-state index in [0.717, 1.165) is 0 Å². The molecule has 0 heterocycles. The monoisotopic (exact) mass is 182 g/mol. The van der Waals surface area contributed by atoms with Crippen molar-refractivity contribution < 1.29 is 17.1 Å². The first-order valence-electron chi connectivity index (χ1n) is 3.18. The summed E-state index contributed by atoms with van der Waals surface area (Å²) in [6.45, 7) is 6.92. The second kappa shape index (κ2) is 7.95. The van der Waals surface area contributed by atoms with Gasteiger partial charge in [-0.05, 0) is 28.7 Å². The summed E-state index contributed by atoms with van der Waals surface area (Å²) in [5, 5.41) is 0. The van der Waals surface area contributed by atoms with Gasteiger partial charge in [-0.25, -0.2) is 0 Å². The maximum atomic E-state index is 2.31. The van der Waals surface area contributed by atoms with Gasteiger partial charge in [-0.1, -0.05) is 0 Å². The maximum absolute atomic E-state index is 2.31. The quantitative estimate of drug-likeness (QED) is 0.464. The van der Waals surface area contributed by atoms with Crippen LogP contribution in [-0.2, 0) is 17.1 Å². The van der Waals surface area contributed by atoms with Gasteiger partial charge in [-0.2, -0.15) is 0 Å². The topological polar surface area (TPSA) is 0 Å². The summed E-state index contributed by atoms with van der Waals surface area (Å²) >= 11 is 0. The molecule has 0 N–H and O–H groups in total. The minimum Gasteiger partial charge on any atom is -0.0313 e. The van der Waals surface area contributed by atoms with Crippen LogP contribution in [0.2, 0.25) is 0 Å². The van der Waals surface area contributed by atoms with Crippen molar-refractivity contribution in [3.05, 3.63) is 0 Å². The predicted molar refractivity (Wildman–Crippen MR) is 39.9 cm³/mol. The van der Waals surface area contributed by atoms with E-state index in [-0.39, 0.29) is 25.0 Å². The first-order chi connectivity index (χ1) is 3.35. The molecule has 0 aromatic carbocycles. The molecular formula is C6H16CuP+. The van der Waals surface area contributed by atoms with Gasteiger partial charge in [0.05, 0.1) is 18.5 Å². The molecule has 0 aromatic heterocycles. The van der Waals surface area contributed by atoms with E-state index >= 15 is 0 Å². The van der Waals surface area contributed by atoms with Crippen LogP contribution in [-0.4, -0.2) is 18.5 Å². The molecule has 0 unspecified atom stereocenters. The van der Waals surface area contributed by atoms with Crippen LogP contribution < -0.4 is 0 Å². The van der Waals surface area contributed by atoms with Crippen molar-refractivity contribution in [3.8, 4) is 0 Å². The zero-order valence-electron chi connectivity index (χ0n) is 5.92. The molecule has 0 spiro atoms. The molecule has 0 amide bonds. The Kier molecular flexibility index (Phi) is 11.6. The molecule has 2 heteroatoms. The number of hydrogen-bond acceptors (Lipinski definition) is 0. The molecular weight excluding hydrogens is 167 g/mol. The van der Waals surface area contributed by atoms with E-state index in [9.17, 15) is 0 Å². The van der Waals surface area contributed by atoms with Gasteiger partial charge in [0.15, 0.2) is 0 Å². The smallest absolute Gasteiger partial charge is 0.0313 e. The molecule has 0 aromatic rings. The van der Waals surface area contributed by atoms with Crippen LogP contribution in [0.1, 0.15) is 20.8 Å². The third-order valence-electron chi connectivity index (χ3n) is 1.50. The standard InChI is InChI=1S/C6H15P.Cu/c1-4-7(5-2)6-3;/h4-6H2,1-3H3;/p+1. The molecule has 1 radical (unpaired) electrons. The first-order valence-corrected chi connectivity index (χ1v) is 5.30. The summed E-state index contributed by atoms with van der Waals surface area (Å²) in [5.74, 6) is 0. The molecule has 55 valence electrons. The fourth-order valence-corrected chi connectivity index (χ4v) is 2.25. The Morgan fingerprint density at radius 1 is 0.875 bits per heavy atom. The van der Waals surface area contributed by atoms with E-state index in [0.29, 0.717) is 0 Å². The predicted octanol–water partition coefficient (Wildman–Crippen LogP) is 2.26. The average Bonchev–Trinajstić information content (AvgIpc) is 1.72. The summed E-state index contributed by atoms with van der Waals surface area (Å²) in [6, 6.07) is 0. The van der Waals surface area contributed by atoms with Gasteiger partial charge in [0, 0.05) is 17.1 Å². The number of hydrogen-bond donors (Lipinski definition) is 0. The third kappa shape index (κ3) is 5.09. The van der Waals surface area contributed by atoms with Gasteiger partial charge in [0.1, 0.15) is 0 Å². The molecule has 0 aliphatic rings. The summed E-state index contributed by atoms with van der Waals surface area (Å²) < 4.78 is 0. The van der Waals surface area contributed by atoms with Crippen LogP contribution in [0, 0.1) is 0 Å². The second-order valence-corrected chi connectivity index (χ2v) is 5.43. The van der Waals surface area contributed by atoms with Crippen molar-refractivity contribution in [2.24, 2.45) is 0 Å². The maximum Gasteiger partial charge on any atom is 0.0543 e. The van der Waals surface area contributed by atoms with E-state index in [4.69, 9.17) is 0 Å². The molecule has 0 atom stereocenters. The normalized spacial score (nSPS) is 9.00. The summed E-state index contributed by atoms with van der Waals surface area (Å²) in [7, 11) is 0.137.